The fourth-order valence-corrected chi connectivity index (χ4v) is 3.37. The number of fused-ring (bicyclic) bond motifs is 1. The Hall–Kier alpha value is -2.72. The van der Waals surface area contributed by atoms with E-state index in [0.717, 1.165) is 16.2 Å². The summed E-state index contributed by atoms with van der Waals surface area (Å²) >= 11 is 4.39. The van der Waals surface area contributed by atoms with Crippen LogP contribution in [-0.2, 0) is 9.53 Å². The van der Waals surface area contributed by atoms with Gasteiger partial charge >= 0.3 is 5.97 Å². The molecule has 3 aromatic rings. The van der Waals surface area contributed by atoms with Gasteiger partial charge in [-0.3, -0.25) is 9.59 Å². The topological polar surface area (TPSA) is 114 Å². The minimum absolute atomic E-state index is 0.0419. The molecule has 2 heterocycles. The van der Waals surface area contributed by atoms with E-state index in [9.17, 15) is 14.4 Å². The third-order valence-electron chi connectivity index (χ3n) is 3.66. The first-order valence-electron chi connectivity index (χ1n) is 8.05. The van der Waals surface area contributed by atoms with Gasteiger partial charge in [-0.2, -0.15) is 0 Å². The molecule has 0 spiro atoms. The Labute approximate surface area is 172 Å². The van der Waals surface area contributed by atoms with Crippen molar-refractivity contribution >= 4 is 56.3 Å². The lowest BCUT2D eigenvalue weighted by Gasteiger charge is -2.07. The molecule has 144 valence electrons. The van der Waals surface area contributed by atoms with Crippen molar-refractivity contribution in [2.24, 2.45) is 0 Å². The van der Waals surface area contributed by atoms with Crippen molar-refractivity contribution in [1.29, 1.82) is 0 Å². The molecule has 0 aliphatic carbocycles. The molecule has 8 nitrogen and oxygen atoms in total. The summed E-state index contributed by atoms with van der Waals surface area (Å²) in [4.78, 5) is 47.6. The Bertz CT molecular complexity index is 1120. The number of hydrogen-bond acceptors (Lipinski definition) is 7. The van der Waals surface area contributed by atoms with Gasteiger partial charge in [-0.15, -0.1) is 0 Å². The average molecular weight is 463 g/mol. The molecule has 0 aliphatic heterocycles. The number of pyridine rings is 1. The minimum atomic E-state index is -0.642. The fourth-order valence-electron chi connectivity index (χ4n) is 2.45. The number of methoxy groups -OCH3 is 1. The Morgan fingerprint density at radius 3 is 2.64 bits per heavy atom. The number of thioether (sulfide) groups is 1. The average Bonchev–Trinajstić information content (AvgIpc) is 2.66. The van der Waals surface area contributed by atoms with Crippen molar-refractivity contribution in [2.45, 2.75) is 12.1 Å². The number of halogens is 1. The second-order valence-corrected chi connectivity index (χ2v) is 7.60. The number of anilines is 1. The Morgan fingerprint density at radius 2 is 1.96 bits per heavy atom. The monoisotopic (exact) mass is 462 g/mol. The van der Waals surface area contributed by atoms with E-state index in [-0.39, 0.29) is 33.4 Å². The van der Waals surface area contributed by atoms with Crippen molar-refractivity contribution < 1.29 is 14.3 Å². The summed E-state index contributed by atoms with van der Waals surface area (Å²) < 4.78 is 5.63. The Kier molecular flexibility index (Phi) is 6.10. The lowest BCUT2D eigenvalue weighted by Crippen LogP contribution is -2.17. The smallest absolute Gasteiger partial charge is 0.338 e. The van der Waals surface area contributed by atoms with Crippen LogP contribution in [0.5, 0.6) is 0 Å². The van der Waals surface area contributed by atoms with Crippen LogP contribution in [0.3, 0.4) is 0 Å². The molecule has 0 bridgehead atoms. The van der Waals surface area contributed by atoms with Crippen molar-refractivity contribution in [2.75, 3.05) is 18.2 Å². The van der Waals surface area contributed by atoms with Gasteiger partial charge in [0.15, 0.2) is 10.8 Å². The molecule has 0 aliphatic rings. The molecule has 2 aromatic heterocycles. The molecular weight excluding hydrogens is 448 g/mol. The van der Waals surface area contributed by atoms with Crippen LogP contribution >= 0.6 is 27.7 Å². The van der Waals surface area contributed by atoms with E-state index in [0.29, 0.717) is 11.4 Å². The number of carbonyl (C=O) groups excluding carboxylic acids is 2. The zero-order chi connectivity index (χ0) is 20.3. The maximum Gasteiger partial charge on any atom is 0.338 e. The number of nitrogens with one attached hydrogen (secondary N) is 2. The van der Waals surface area contributed by atoms with Gasteiger partial charge in [-0.05, 0) is 37.3 Å². The second-order valence-electron chi connectivity index (χ2n) is 5.72. The van der Waals surface area contributed by atoms with E-state index >= 15 is 0 Å². The molecule has 28 heavy (non-hydrogen) atoms. The molecule has 3 rings (SSSR count). The molecule has 0 fully saturated rings. The highest BCUT2D eigenvalue weighted by molar-refractivity contribution is 9.10. The quantitative estimate of drug-likeness (QED) is 0.340. The number of H-pyrrole nitrogens is 1. The van der Waals surface area contributed by atoms with Crippen LogP contribution in [-0.4, -0.2) is 39.7 Å². The molecule has 0 atom stereocenters. The maximum atomic E-state index is 12.5. The lowest BCUT2D eigenvalue weighted by molar-refractivity contribution is -0.113. The number of aromatic nitrogens is 3. The zero-order valence-corrected chi connectivity index (χ0v) is 17.3. The van der Waals surface area contributed by atoms with Gasteiger partial charge in [0.1, 0.15) is 0 Å². The van der Waals surface area contributed by atoms with Gasteiger partial charge in [0, 0.05) is 15.9 Å². The lowest BCUT2D eigenvalue weighted by atomic mass is 10.1. The van der Waals surface area contributed by atoms with Gasteiger partial charge < -0.3 is 15.0 Å². The van der Waals surface area contributed by atoms with Crippen molar-refractivity contribution in [3.63, 3.8) is 0 Å². The summed E-state index contributed by atoms with van der Waals surface area (Å²) in [6.45, 7) is 1.69. The number of hydrogen-bond donors (Lipinski definition) is 2. The number of benzene rings is 1. The number of esters is 1. The van der Waals surface area contributed by atoms with E-state index in [1.165, 1.54) is 13.2 Å². The highest BCUT2D eigenvalue weighted by Crippen LogP contribution is 2.19. The zero-order valence-electron chi connectivity index (χ0n) is 14.9. The van der Waals surface area contributed by atoms with Crippen LogP contribution in [0.25, 0.3) is 11.0 Å². The highest BCUT2D eigenvalue weighted by atomic mass is 79.9. The van der Waals surface area contributed by atoms with Gasteiger partial charge in [-0.1, -0.05) is 27.7 Å². The summed E-state index contributed by atoms with van der Waals surface area (Å²) in [6.07, 6.45) is 0. The largest absolute Gasteiger partial charge is 0.465 e. The molecule has 0 radical (unpaired) electrons. The first-order valence-corrected chi connectivity index (χ1v) is 9.83. The number of ether oxygens (including phenoxy) is 1. The van der Waals surface area contributed by atoms with Crippen LogP contribution in [0.1, 0.15) is 16.1 Å². The van der Waals surface area contributed by atoms with Crippen LogP contribution in [0.2, 0.25) is 0 Å². The molecule has 0 unspecified atom stereocenters. The number of rotatable bonds is 5. The van der Waals surface area contributed by atoms with E-state index < -0.39 is 11.5 Å². The standard InChI is InChI=1S/C18H15BrN4O4S/c1-9-7-12(17(26)27-2)14-15(20-9)22-18(23-16(14)25)28-8-13(24)21-11-5-3-10(19)4-6-11/h3-7H,8H2,1-2H3,(H,21,24)(H,20,22,23,25). The normalized spacial score (nSPS) is 10.7. The molecule has 1 amide bonds. The van der Waals surface area contributed by atoms with Crippen LogP contribution < -0.4 is 10.9 Å². The predicted octanol–water partition coefficient (Wildman–Crippen LogP) is 2.91. The molecule has 0 saturated heterocycles. The fraction of sp³-hybridized carbons (Fsp3) is 0.167. The summed E-state index contributed by atoms with van der Waals surface area (Å²) in [6, 6.07) is 8.65. The van der Waals surface area contributed by atoms with Gasteiger partial charge in [0.2, 0.25) is 5.91 Å². The van der Waals surface area contributed by atoms with Crippen molar-refractivity contribution in [3.05, 3.63) is 56.4 Å². The second kappa shape index (κ2) is 8.53. The molecule has 1 aromatic carbocycles. The number of carbonyl (C=O) groups is 2. The van der Waals surface area contributed by atoms with Crippen LogP contribution in [0.4, 0.5) is 5.69 Å². The van der Waals surface area contributed by atoms with Crippen LogP contribution in [0.15, 0.2) is 44.8 Å². The Balaban J connectivity index is 1.80. The summed E-state index contributed by atoms with van der Waals surface area (Å²) in [5, 5.41) is 3.04. The molecular formula is C18H15BrN4O4S. The van der Waals surface area contributed by atoms with Gasteiger partial charge in [0.25, 0.3) is 5.56 Å². The number of nitrogens with zero attached hydrogens (tertiary/aromatic N) is 2. The predicted molar refractivity (Wildman–Crippen MR) is 110 cm³/mol. The molecule has 2 N–H and O–H groups in total. The highest BCUT2D eigenvalue weighted by Gasteiger charge is 2.17. The Morgan fingerprint density at radius 1 is 1.25 bits per heavy atom. The van der Waals surface area contributed by atoms with E-state index in [2.05, 4.69) is 36.2 Å². The van der Waals surface area contributed by atoms with Gasteiger partial charge in [0.05, 0.1) is 23.8 Å². The van der Waals surface area contributed by atoms with E-state index in [1.54, 1.807) is 19.1 Å². The third kappa shape index (κ3) is 4.57. The molecule has 10 heteroatoms. The molecule has 0 saturated carbocycles. The maximum absolute atomic E-state index is 12.5. The summed E-state index contributed by atoms with van der Waals surface area (Å²) in [7, 11) is 1.24. The number of aryl methyl sites for hydroxylation is 1. The van der Waals surface area contributed by atoms with E-state index in [4.69, 9.17) is 4.74 Å². The number of aromatic amines is 1. The summed E-state index contributed by atoms with van der Waals surface area (Å²) in [5.74, 6) is -0.847. The SMILES string of the molecule is COC(=O)c1cc(C)nc2nc(SCC(=O)Nc3ccc(Br)cc3)[nH]c(=O)c12. The summed E-state index contributed by atoms with van der Waals surface area (Å²) in [5.41, 5.74) is 0.890. The van der Waals surface area contributed by atoms with Crippen molar-refractivity contribution in [3.8, 4) is 0 Å². The number of amides is 1. The van der Waals surface area contributed by atoms with Crippen molar-refractivity contribution in [1.82, 2.24) is 15.0 Å². The van der Waals surface area contributed by atoms with Crippen LogP contribution in [0, 0.1) is 6.92 Å². The third-order valence-corrected chi connectivity index (χ3v) is 5.06. The van der Waals surface area contributed by atoms with E-state index in [1.807, 2.05) is 12.1 Å². The van der Waals surface area contributed by atoms with Gasteiger partial charge in [-0.25, -0.2) is 14.8 Å². The first-order chi connectivity index (χ1) is 13.4. The minimum Gasteiger partial charge on any atom is -0.465 e. The first kappa shape index (κ1) is 20.0.